The molecular formula is C13H14N2O2. The lowest BCUT2D eigenvalue weighted by molar-refractivity contribution is 0.281. The summed E-state index contributed by atoms with van der Waals surface area (Å²) < 4.78 is 5.32. The van der Waals surface area contributed by atoms with Gasteiger partial charge in [-0.05, 0) is 30.2 Å². The Morgan fingerprint density at radius 2 is 1.94 bits per heavy atom. The fourth-order valence-electron chi connectivity index (χ4n) is 1.78. The van der Waals surface area contributed by atoms with E-state index in [1.54, 1.807) is 25.6 Å². The van der Waals surface area contributed by atoms with Crippen molar-refractivity contribution >= 4 is 0 Å². The second kappa shape index (κ2) is 4.93. The first-order valence-electron chi connectivity index (χ1n) is 5.32. The molecule has 0 amide bonds. The smallest absolute Gasteiger partial charge is 0.163 e. The number of aromatic nitrogens is 2. The van der Waals surface area contributed by atoms with Gasteiger partial charge < -0.3 is 9.84 Å². The van der Waals surface area contributed by atoms with Gasteiger partial charge in [0.15, 0.2) is 5.82 Å². The molecule has 0 bridgehead atoms. The summed E-state index contributed by atoms with van der Waals surface area (Å²) in [6, 6.07) is 5.44. The summed E-state index contributed by atoms with van der Waals surface area (Å²) in [5.41, 5.74) is 2.63. The predicted molar refractivity (Wildman–Crippen MR) is 64.7 cm³/mol. The van der Waals surface area contributed by atoms with Gasteiger partial charge in [0.25, 0.3) is 0 Å². The molecule has 0 saturated heterocycles. The molecule has 0 unspecified atom stereocenters. The first-order valence-corrected chi connectivity index (χ1v) is 5.32. The van der Waals surface area contributed by atoms with Crippen molar-refractivity contribution in [3.05, 3.63) is 41.7 Å². The van der Waals surface area contributed by atoms with E-state index in [0.717, 1.165) is 16.7 Å². The van der Waals surface area contributed by atoms with Crippen molar-refractivity contribution in [2.45, 2.75) is 13.5 Å². The molecule has 1 aromatic carbocycles. The topological polar surface area (TPSA) is 55.2 Å². The fraction of sp³-hybridized carbons (Fsp3) is 0.231. The highest BCUT2D eigenvalue weighted by Gasteiger charge is 2.14. The summed E-state index contributed by atoms with van der Waals surface area (Å²) in [4.78, 5) is 8.44. The summed E-state index contributed by atoms with van der Waals surface area (Å²) in [5, 5.41) is 9.27. The van der Waals surface area contributed by atoms with E-state index in [0.29, 0.717) is 11.6 Å². The lowest BCUT2D eigenvalue weighted by atomic mass is 10.0. The molecule has 4 heteroatoms. The minimum atomic E-state index is -0.00430. The zero-order chi connectivity index (χ0) is 12.3. The van der Waals surface area contributed by atoms with E-state index < -0.39 is 0 Å². The number of aliphatic hydroxyl groups is 1. The zero-order valence-electron chi connectivity index (χ0n) is 9.84. The average Bonchev–Trinajstić information content (AvgIpc) is 2.39. The monoisotopic (exact) mass is 230 g/mol. The molecule has 0 atom stereocenters. The van der Waals surface area contributed by atoms with Crippen molar-refractivity contribution in [1.82, 2.24) is 9.97 Å². The van der Waals surface area contributed by atoms with E-state index in [1.165, 1.54) is 0 Å². The summed E-state index contributed by atoms with van der Waals surface area (Å²) >= 11 is 0. The summed E-state index contributed by atoms with van der Waals surface area (Å²) in [7, 11) is 1.61. The summed E-state index contributed by atoms with van der Waals surface area (Å²) in [5.74, 6) is 1.32. The number of methoxy groups -OCH3 is 1. The average molecular weight is 230 g/mol. The highest BCUT2D eigenvalue weighted by atomic mass is 16.5. The Balaban J connectivity index is 2.66. The molecule has 1 N–H and O–H groups in total. The number of nitrogens with zero attached hydrogens (tertiary/aromatic N) is 2. The van der Waals surface area contributed by atoms with Gasteiger partial charge in [-0.3, -0.25) is 0 Å². The van der Waals surface area contributed by atoms with Gasteiger partial charge in [0.05, 0.1) is 19.3 Å². The molecule has 0 radical (unpaired) electrons. The van der Waals surface area contributed by atoms with E-state index in [-0.39, 0.29) is 6.61 Å². The largest absolute Gasteiger partial charge is 0.496 e. The molecule has 0 aliphatic rings. The Hall–Kier alpha value is -1.94. The van der Waals surface area contributed by atoms with Gasteiger partial charge >= 0.3 is 0 Å². The van der Waals surface area contributed by atoms with Crippen molar-refractivity contribution in [2.75, 3.05) is 7.11 Å². The van der Waals surface area contributed by atoms with Crippen LogP contribution in [0.1, 0.15) is 11.1 Å². The van der Waals surface area contributed by atoms with E-state index in [2.05, 4.69) is 9.97 Å². The van der Waals surface area contributed by atoms with Crippen LogP contribution in [-0.4, -0.2) is 22.2 Å². The highest BCUT2D eigenvalue weighted by Crippen LogP contribution is 2.32. The van der Waals surface area contributed by atoms with Gasteiger partial charge in [-0.2, -0.15) is 0 Å². The lowest BCUT2D eigenvalue weighted by Crippen LogP contribution is -1.98. The van der Waals surface area contributed by atoms with Crippen molar-refractivity contribution in [3.63, 3.8) is 0 Å². The molecule has 0 fully saturated rings. The van der Waals surface area contributed by atoms with E-state index in [4.69, 9.17) is 4.74 Å². The van der Waals surface area contributed by atoms with Crippen LogP contribution in [0, 0.1) is 6.92 Å². The van der Waals surface area contributed by atoms with Crippen LogP contribution in [0.2, 0.25) is 0 Å². The molecule has 0 aliphatic carbocycles. The molecule has 0 aliphatic heterocycles. The number of benzene rings is 1. The Bertz CT molecular complexity index is 512. The number of hydrogen-bond donors (Lipinski definition) is 1. The maximum Gasteiger partial charge on any atom is 0.163 e. The van der Waals surface area contributed by atoms with E-state index in [9.17, 15) is 5.11 Å². The maximum absolute atomic E-state index is 9.27. The second-order valence-electron chi connectivity index (χ2n) is 3.66. The molecule has 88 valence electrons. The molecule has 1 heterocycles. The standard InChI is InChI=1S/C13H14N2O2/c1-9-10(8-16)4-5-11(17-2)12(9)13-14-6-3-7-15-13/h3-7,16H,8H2,1-2H3. The fourth-order valence-corrected chi connectivity index (χ4v) is 1.78. The van der Waals surface area contributed by atoms with Gasteiger partial charge in [0, 0.05) is 12.4 Å². The van der Waals surface area contributed by atoms with Crippen LogP contribution in [0.15, 0.2) is 30.6 Å². The first-order chi connectivity index (χ1) is 8.27. The predicted octanol–water partition coefficient (Wildman–Crippen LogP) is 1.95. The molecular weight excluding hydrogens is 216 g/mol. The van der Waals surface area contributed by atoms with Crippen LogP contribution in [0.4, 0.5) is 0 Å². The van der Waals surface area contributed by atoms with Crippen molar-refractivity contribution in [1.29, 1.82) is 0 Å². The SMILES string of the molecule is COc1ccc(CO)c(C)c1-c1ncccn1. The summed E-state index contributed by atoms with van der Waals surface area (Å²) in [6.45, 7) is 1.93. The van der Waals surface area contributed by atoms with Gasteiger partial charge in [0.2, 0.25) is 0 Å². The molecule has 0 saturated carbocycles. The van der Waals surface area contributed by atoms with E-state index in [1.807, 2.05) is 19.1 Å². The molecule has 17 heavy (non-hydrogen) atoms. The normalized spacial score (nSPS) is 10.3. The maximum atomic E-state index is 9.27. The Labute approximate surface area is 99.9 Å². The number of hydrogen-bond acceptors (Lipinski definition) is 4. The minimum Gasteiger partial charge on any atom is -0.496 e. The Morgan fingerprint density at radius 3 is 2.53 bits per heavy atom. The molecule has 2 rings (SSSR count). The lowest BCUT2D eigenvalue weighted by Gasteiger charge is -2.13. The van der Waals surface area contributed by atoms with E-state index >= 15 is 0 Å². The molecule has 1 aromatic heterocycles. The van der Waals surface area contributed by atoms with Crippen LogP contribution in [0.25, 0.3) is 11.4 Å². The minimum absolute atomic E-state index is 0.00430. The van der Waals surface area contributed by atoms with Gasteiger partial charge in [0.1, 0.15) is 5.75 Å². The number of rotatable bonds is 3. The van der Waals surface area contributed by atoms with Crippen molar-refractivity contribution in [2.24, 2.45) is 0 Å². The third kappa shape index (κ3) is 2.12. The molecule has 2 aromatic rings. The van der Waals surface area contributed by atoms with Crippen LogP contribution in [-0.2, 0) is 6.61 Å². The third-order valence-electron chi connectivity index (χ3n) is 2.72. The summed E-state index contributed by atoms with van der Waals surface area (Å²) in [6.07, 6.45) is 3.37. The number of ether oxygens (including phenoxy) is 1. The second-order valence-corrected chi connectivity index (χ2v) is 3.66. The molecule has 4 nitrogen and oxygen atoms in total. The van der Waals surface area contributed by atoms with Crippen LogP contribution >= 0.6 is 0 Å². The Kier molecular flexibility index (Phi) is 3.35. The van der Waals surface area contributed by atoms with Crippen molar-refractivity contribution in [3.8, 4) is 17.1 Å². The Morgan fingerprint density at radius 1 is 1.24 bits per heavy atom. The van der Waals surface area contributed by atoms with Crippen molar-refractivity contribution < 1.29 is 9.84 Å². The quantitative estimate of drug-likeness (QED) is 0.875. The van der Waals surface area contributed by atoms with Crippen LogP contribution in [0.5, 0.6) is 5.75 Å². The van der Waals surface area contributed by atoms with Crippen LogP contribution < -0.4 is 4.74 Å². The zero-order valence-corrected chi connectivity index (χ0v) is 9.84. The van der Waals surface area contributed by atoms with Gasteiger partial charge in [-0.15, -0.1) is 0 Å². The molecule has 0 spiro atoms. The van der Waals surface area contributed by atoms with Crippen LogP contribution in [0.3, 0.4) is 0 Å². The highest BCUT2D eigenvalue weighted by molar-refractivity contribution is 5.69. The first kappa shape index (κ1) is 11.5. The van der Waals surface area contributed by atoms with Gasteiger partial charge in [-0.25, -0.2) is 9.97 Å². The van der Waals surface area contributed by atoms with Gasteiger partial charge in [-0.1, -0.05) is 6.07 Å². The third-order valence-corrected chi connectivity index (χ3v) is 2.72. The number of aliphatic hydroxyl groups excluding tert-OH is 1.